The van der Waals surface area contributed by atoms with Gasteiger partial charge in [-0.3, -0.25) is 0 Å². The highest BCUT2D eigenvalue weighted by Gasteiger charge is 2.51. The highest BCUT2D eigenvalue weighted by atomic mass is 28.5. The van der Waals surface area contributed by atoms with Crippen LogP contribution < -0.4 is 10.4 Å². The Labute approximate surface area is 225 Å². The Morgan fingerprint density at radius 1 is 0.514 bits per heavy atom. The smallest absolute Gasteiger partial charge is 0.388 e. The first-order chi connectivity index (χ1) is 13.5. The SMILES string of the molecule is C.C.C.C.C.C.C=C[Si](C)(C)O[Si](C)(C)O[Si](O[Si](C)(C)C=C)(c1ccccc1)c1ccccc1. The highest BCUT2D eigenvalue weighted by Crippen LogP contribution is 2.25. The molecular formula is C28H58O3Si4. The predicted octanol–water partition coefficient (Wildman–Crippen LogP) is 8.67. The number of hydrogen-bond donors (Lipinski definition) is 0. The zero-order valence-electron chi connectivity index (χ0n) is 18.6. The van der Waals surface area contributed by atoms with E-state index >= 15 is 0 Å². The van der Waals surface area contributed by atoms with Gasteiger partial charge in [0.25, 0.3) is 0 Å². The summed E-state index contributed by atoms with van der Waals surface area (Å²) in [5, 5.41) is 2.19. The molecule has 0 atom stereocenters. The van der Waals surface area contributed by atoms with E-state index in [0.717, 1.165) is 10.4 Å². The minimum absolute atomic E-state index is 0. The second kappa shape index (κ2) is 17.2. The topological polar surface area (TPSA) is 27.7 Å². The van der Waals surface area contributed by atoms with Crippen LogP contribution in [-0.2, 0) is 12.3 Å². The third-order valence-corrected chi connectivity index (χ3v) is 19.2. The summed E-state index contributed by atoms with van der Waals surface area (Å²) in [6, 6.07) is 20.7. The van der Waals surface area contributed by atoms with Crippen LogP contribution in [0, 0.1) is 0 Å². The van der Waals surface area contributed by atoms with Gasteiger partial charge in [0.15, 0.2) is 8.32 Å². The van der Waals surface area contributed by atoms with Gasteiger partial charge in [0, 0.05) is 0 Å². The van der Waals surface area contributed by atoms with Gasteiger partial charge in [0.1, 0.15) is 0 Å². The molecule has 0 spiro atoms. The second-order valence-electron chi connectivity index (χ2n) is 8.67. The molecule has 0 amide bonds. The monoisotopic (exact) mass is 554 g/mol. The van der Waals surface area contributed by atoms with Crippen LogP contribution in [0.5, 0.6) is 0 Å². The van der Waals surface area contributed by atoms with Crippen molar-refractivity contribution in [3.05, 3.63) is 85.2 Å². The molecule has 204 valence electrons. The van der Waals surface area contributed by atoms with Crippen LogP contribution in [0.4, 0.5) is 0 Å². The molecule has 0 radical (unpaired) electrons. The van der Waals surface area contributed by atoms with Gasteiger partial charge in [-0.05, 0) is 49.7 Å². The molecule has 2 aromatic rings. The van der Waals surface area contributed by atoms with E-state index in [1.165, 1.54) is 0 Å². The molecule has 0 aliphatic carbocycles. The van der Waals surface area contributed by atoms with E-state index < -0.39 is 33.8 Å². The molecule has 0 aliphatic heterocycles. The molecule has 0 bridgehead atoms. The van der Waals surface area contributed by atoms with Gasteiger partial charge >= 0.3 is 17.1 Å². The van der Waals surface area contributed by atoms with Gasteiger partial charge < -0.3 is 12.3 Å². The summed E-state index contributed by atoms with van der Waals surface area (Å²) in [5.41, 5.74) is 3.94. The van der Waals surface area contributed by atoms with Crippen molar-refractivity contribution in [1.82, 2.24) is 0 Å². The maximum Gasteiger partial charge on any atom is 0.388 e. The Bertz CT molecular complexity index is 783. The molecule has 7 heteroatoms. The molecule has 0 unspecified atom stereocenters. The zero-order valence-corrected chi connectivity index (χ0v) is 22.6. The second-order valence-corrected chi connectivity index (χ2v) is 23.5. The largest absolute Gasteiger partial charge is 0.433 e. The van der Waals surface area contributed by atoms with Gasteiger partial charge in [0.05, 0.1) is 0 Å². The fourth-order valence-electron chi connectivity index (χ4n) is 3.19. The van der Waals surface area contributed by atoms with Gasteiger partial charge in [-0.15, -0.1) is 13.2 Å². The predicted molar refractivity (Wildman–Crippen MR) is 174 cm³/mol. The Morgan fingerprint density at radius 3 is 1.14 bits per heavy atom. The van der Waals surface area contributed by atoms with Crippen molar-refractivity contribution < 1.29 is 12.3 Å². The van der Waals surface area contributed by atoms with Crippen LogP contribution in [0.1, 0.15) is 44.6 Å². The molecule has 0 heterocycles. The van der Waals surface area contributed by atoms with E-state index in [4.69, 9.17) is 12.3 Å². The number of hydrogen-bond acceptors (Lipinski definition) is 3. The maximum absolute atomic E-state index is 7.08. The van der Waals surface area contributed by atoms with Gasteiger partial charge in [-0.2, -0.15) is 0 Å². The number of rotatable bonds is 10. The van der Waals surface area contributed by atoms with Crippen molar-refractivity contribution in [3.8, 4) is 0 Å². The Kier molecular flexibility index (Phi) is 21.5. The van der Waals surface area contributed by atoms with Crippen LogP contribution in [-0.4, -0.2) is 33.8 Å². The van der Waals surface area contributed by atoms with Crippen molar-refractivity contribution in [2.24, 2.45) is 0 Å². The molecule has 0 saturated carbocycles. The quantitative estimate of drug-likeness (QED) is 0.275. The summed E-state index contributed by atoms with van der Waals surface area (Å²) in [6.07, 6.45) is 0. The summed E-state index contributed by atoms with van der Waals surface area (Å²) < 4.78 is 20.7. The Morgan fingerprint density at radius 2 is 0.829 bits per heavy atom. The average Bonchev–Trinajstić information content (AvgIpc) is 2.67. The minimum Gasteiger partial charge on any atom is -0.433 e. The van der Waals surface area contributed by atoms with E-state index in [9.17, 15) is 0 Å². The van der Waals surface area contributed by atoms with Crippen molar-refractivity contribution in [1.29, 1.82) is 0 Å². The zero-order chi connectivity index (χ0) is 21.8. The third-order valence-electron chi connectivity index (χ3n) is 4.60. The van der Waals surface area contributed by atoms with E-state index in [1.54, 1.807) is 0 Å². The summed E-state index contributed by atoms with van der Waals surface area (Å²) in [6.45, 7) is 20.9. The van der Waals surface area contributed by atoms with Crippen LogP contribution in [0.25, 0.3) is 0 Å². The van der Waals surface area contributed by atoms with Crippen LogP contribution in [0.3, 0.4) is 0 Å². The molecule has 3 nitrogen and oxygen atoms in total. The van der Waals surface area contributed by atoms with Gasteiger partial charge in [-0.1, -0.05) is 117 Å². The van der Waals surface area contributed by atoms with Crippen molar-refractivity contribution in [2.45, 2.75) is 83.8 Å². The van der Waals surface area contributed by atoms with E-state index in [1.807, 2.05) is 47.8 Å². The molecule has 0 aromatic heterocycles. The molecular weight excluding hydrogens is 497 g/mol. The lowest BCUT2D eigenvalue weighted by Crippen LogP contribution is -2.71. The lowest BCUT2D eigenvalue weighted by Gasteiger charge is -2.43. The molecule has 2 rings (SSSR count). The summed E-state index contributed by atoms with van der Waals surface area (Å²) in [7, 11) is -9.80. The lowest BCUT2D eigenvalue weighted by molar-refractivity contribution is 0.345. The standard InChI is InChI=1S/C22H34O3Si4.6CH4/c1-9-26(3,4)23-28(7,8)25-29(24-27(5,6)10-2,21-17-13-11-14-18-21)22-19-15-12-16-20-22;;;;;;/h9-20H,1-2H2,3-8H3;6*1H4. The molecule has 0 fully saturated rings. The van der Waals surface area contributed by atoms with E-state index in [2.05, 4.69) is 76.7 Å². The van der Waals surface area contributed by atoms with Crippen molar-refractivity contribution >= 4 is 44.1 Å². The van der Waals surface area contributed by atoms with Gasteiger partial charge in [0.2, 0.25) is 8.32 Å². The fourth-order valence-corrected chi connectivity index (χ4v) is 19.2. The Hall–Kier alpha value is -1.33. The van der Waals surface area contributed by atoms with E-state index in [0.29, 0.717) is 0 Å². The minimum atomic E-state index is -3.04. The van der Waals surface area contributed by atoms with E-state index in [-0.39, 0.29) is 44.6 Å². The fraction of sp³-hybridized carbons (Fsp3) is 0.429. The molecule has 2 aromatic carbocycles. The summed E-state index contributed by atoms with van der Waals surface area (Å²) in [5.74, 6) is 0. The average molecular weight is 555 g/mol. The van der Waals surface area contributed by atoms with Crippen LogP contribution in [0.15, 0.2) is 85.2 Å². The normalized spacial score (nSPS) is 10.9. The maximum atomic E-state index is 7.08. The van der Waals surface area contributed by atoms with Crippen LogP contribution in [0.2, 0.25) is 39.3 Å². The highest BCUT2D eigenvalue weighted by molar-refractivity contribution is 7.03. The van der Waals surface area contributed by atoms with Crippen LogP contribution >= 0.6 is 0 Å². The molecule has 0 saturated heterocycles. The van der Waals surface area contributed by atoms with Gasteiger partial charge in [-0.25, -0.2) is 0 Å². The third kappa shape index (κ3) is 12.0. The summed E-state index contributed by atoms with van der Waals surface area (Å²) in [4.78, 5) is 0. The molecule has 35 heavy (non-hydrogen) atoms. The van der Waals surface area contributed by atoms with Crippen molar-refractivity contribution in [2.75, 3.05) is 0 Å². The first-order valence-corrected chi connectivity index (χ1v) is 20.5. The first kappa shape index (κ1) is 43.7. The first-order valence-electron chi connectivity index (χ1n) is 9.94. The van der Waals surface area contributed by atoms with Crippen molar-refractivity contribution in [3.63, 3.8) is 0 Å². The summed E-state index contributed by atoms with van der Waals surface area (Å²) >= 11 is 0. The molecule has 0 aliphatic rings. The number of benzene rings is 2. The lowest BCUT2D eigenvalue weighted by atomic mass is 10.4. The Balaban J connectivity index is -0.000000500. The molecule has 0 N–H and O–H groups in total.